The highest BCUT2D eigenvalue weighted by Gasteiger charge is 2.14. The predicted molar refractivity (Wildman–Crippen MR) is 59.6 cm³/mol. The number of quaternary nitrogens is 1. The molecule has 0 atom stereocenters. The third-order valence-corrected chi connectivity index (χ3v) is 2.93. The van der Waals surface area contributed by atoms with Crippen molar-refractivity contribution in [3.63, 3.8) is 0 Å². The number of sulfonamides is 1. The van der Waals surface area contributed by atoms with Crippen LogP contribution in [0, 0.1) is 0 Å². The van der Waals surface area contributed by atoms with Gasteiger partial charge in [0.1, 0.15) is 0 Å². The first-order valence-electron chi connectivity index (χ1n) is 5.03. The van der Waals surface area contributed by atoms with E-state index in [-0.39, 0.29) is 0 Å². The molecule has 0 aliphatic heterocycles. The molecule has 14 heavy (non-hydrogen) atoms. The fraction of sp³-hybridized carbons (Fsp3) is 1.00. The normalized spacial score (nSPS) is 13.1. The molecule has 0 saturated carbocycles. The first-order chi connectivity index (χ1) is 6.27. The minimum atomic E-state index is -3.03. The van der Waals surface area contributed by atoms with Crippen LogP contribution in [0.15, 0.2) is 0 Å². The van der Waals surface area contributed by atoms with Crippen molar-refractivity contribution < 1.29 is 12.9 Å². The number of likely N-dealkylation sites (N-methyl/N-ethyl adjacent to an activating group) is 1. The van der Waals surface area contributed by atoms with E-state index in [0.717, 1.165) is 17.6 Å². The molecule has 86 valence electrons. The summed E-state index contributed by atoms with van der Waals surface area (Å²) < 4.78 is 25.0. The van der Waals surface area contributed by atoms with Crippen LogP contribution in [0.1, 0.15) is 19.8 Å². The fourth-order valence-corrected chi connectivity index (χ4v) is 1.69. The maximum atomic E-state index is 10.8. The SMILES string of the molecule is CCCC[N+](C)(C)CCNS(C)(=O)=O. The van der Waals surface area contributed by atoms with Crippen molar-refractivity contribution in [3.05, 3.63) is 0 Å². The molecule has 0 bridgehead atoms. The lowest BCUT2D eigenvalue weighted by Gasteiger charge is -2.29. The lowest BCUT2D eigenvalue weighted by atomic mass is 10.3. The third kappa shape index (κ3) is 8.47. The molecule has 0 fully saturated rings. The Balaban J connectivity index is 3.76. The Morgan fingerprint density at radius 3 is 2.21 bits per heavy atom. The molecule has 0 aromatic carbocycles. The molecular weight excluding hydrogens is 200 g/mol. The van der Waals surface area contributed by atoms with E-state index in [0.29, 0.717) is 6.54 Å². The Kier molecular flexibility index (Phi) is 5.63. The number of hydrogen-bond acceptors (Lipinski definition) is 2. The first-order valence-corrected chi connectivity index (χ1v) is 6.92. The highest BCUT2D eigenvalue weighted by molar-refractivity contribution is 7.88. The summed E-state index contributed by atoms with van der Waals surface area (Å²) in [5.41, 5.74) is 0. The van der Waals surface area contributed by atoms with E-state index < -0.39 is 10.0 Å². The van der Waals surface area contributed by atoms with Gasteiger partial charge in [0.05, 0.1) is 40.0 Å². The number of unbranched alkanes of at least 4 members (excludes halogenated alkanes) is 1. The molecule has 0 aromatic heterocycles. The van der Waals surface area contributed by atoms with Crippen LogP contribution in [0.3, 0.4) is 0 Å². The number of hydrogen-bond donors (Lipinski definition) is 1. The van der Waals surface area contributed by atoms with Crippen molar-refractivity contribution in [2.24, 2.45) is 0 Å². The molecular formula is C9H23N2O2S+. The second-order valence-electron chi connectivity index (χ2n) is 4.40. The molecule has 4 nitrogen and oxygen atoms in total. The van der Waals surface area contributed by atoms with Gasteiger partial charge in [-0.15, -0.1) is 0 Å². The van der Waals surface area contributed by atoms with Gasteiger partial charge in [-0.2, -0.15) is 0 Å². The van der Waals surface area contributed by atoms with E-state index >= 15 is 0 Å². The van der Waals surface area contributed by atoms with Gasteiger partial charge in [-0.3, -0.25) is 0 Å². The minimum Gasteiger partial charge on any atom is -0.327 e. The van der Waals surface area contributed by atoms with Crippen LogP contribution < -0.4 is 4.72 Å². The van der Waals surface area contributed by atoms with Crippen molar-refractivity contribution in [3.8, 4) is 0 Å². The monoisotopic (exact) mass is 223 g/mol. The van der Waals surface area contributed by atoms with E-state index in [1.807, 2.05) is 0 Å². The lowest BCUT2D eigenvalue weighted by Crippen LogP contribution is -2.45. The van der Waals surface area contributed by atoms with Gasteiger partial charge in [0.15, 0.2) is 0 Å². The summed E-state index contributed by atoms with van der Waals surface area (Å²) in [6.45, 7) is 4.62. The molecule has 0 aromatic rings. The van der Waals surface area contributed by atoms with Gasteiger partial charge in [-0.05, 0) is 6.42 Å². The van der Waals surface area contributed by atoms with Crippen LogP contribution in [-0.4, -0.2) is 52.9 Å². The average molecular weight is 223 g/mol. The molecule has 0 spiro atoms. The number of nitrogens with zero attached hydrogens (tertiary/aromatic N) is 1. The van der Waals surface area contributed by atoms with Gasteiger partial charge >= 0.3 is 0 Å². The summed E-state index contributed by atoms with van der Waals surface area (Å²) in [5.74, 6) is 0. The molecule has 0 saturated heterocycles. The average Bonchev–Trinajstić information content (AvgIpc) is 1.98. The maximum Gasteiger partial charge on any atom is 0.208 e. The quantitative estimate of drug-likeness (QED) is 0.636. The fourth-order valence-electron chi connectivity index (χ4n) is 1.23. The number of rotatable bonds is 7. The zero-order chi connectivity index (χ0) is 11.2. The summed E-state index contributed by atoms with van der Waals surface area (Å²) in [7, 11) is 1.22. The molecule has 0 aliphatic carbocycles. The van der Waals surface area contributed by atoms with Gasteiger partial charge in [0.25, 0.3) is 0 Å². The summed E-state index contributed by atoms with van der Waals surface area (Å²) in [6, 6.07) is 0. The number of nitrogens with one attached hydrogen (secondary N) is 1. The van der Waals surface area contributed by atoms with Gasteiger partial charge < -0.3 is 4.48 Å². The minimum absolute atomic E-state index is 0.523. The lowest BCUT2D eigenvalue weighted by molar-refractivity contribution is -0.889. The Bertz CT molecular complexity index is 248. The molecule has 1 N–H and O–H groups in total. The topological polar surface area (TPSA) is 46.2 Å². The van der Waals surface area contributed by atoms with E-state index in [1.165, 1.54) is 19.1 Å². The van der Waals surface area contributed by atoms with E-state index in [2.05, 4.69) is 25.7 Å². The smallest absolute Gasteiger partial charge is 0.208 e. The third-order valence-electron chi connectivity index (χ3n) is 2.20. The van der Waals surface area contributed by atoms with Crippen LogP contribution in [0.25, 0.3) is 0 Å². The van der Waals surface area contributed by atoms with Crippen molar-refractivity contribution in [1.29, 1.82) is 0 Å². The molecule has 0 aliphatic rings. The van der Waals surface area contributed by atoms with Crippen molar-refractivity contribution >= 4 is 10.0 Å². The Morgan fingerprint density at radius 2 is 1.79 bits per heavy atom. The molecule has 0 unspecified atom stereocenters. The van der Waals surface area contributed by atoms with Crippen LogP contribution in [0.5, 0.6) is 0 Å². The standard InChI is InChI=1S/C9H23N2O2S/c1-5-6-8-11(2,3)9-7-10-14(4,12)13/h10H,5-9H2,1-4H3/q+1. The van der Waals surface area contributed by atoms with Gasteiger partial charge in [-0.1, -0.05) is 13.3 Å². The Hall–Kier alpha value is -0.130. The van der Waals surface area contributed by atoms with Crippen LogP contribution >= 0.6 is 0 Å². The van der Waals surface area contributed by atoms with Crippen molar-refractivity contribution in [2.75, 3.05) is 40.0 Å². The summed E-state index contributed by atoms with van der Waals surface area (Å²) >= 11 is 0. The van der Waals surface area contributed by atoms with Gasteiger partial charge in [0.2, 0.25) is 10.0 Å². The van der Waals surface area contributed by atoms with Crippen molar-refractivity contribution in [1.82, 2.24) is 4.72 Å². The highest BCUT2D eigenvalue weighted by atomic mass is 32.2. The second-order valence-corrected chi connectivity index (χ2v) is 6.24. The zero-order valence-corrected chi connectivity index (χ0v) is 10.5. The molecule has 0 heterocycles. The van der Waals surface area contributed by atoms with E-state index in [4.69, 9.17) is 0 Å². The first kappa shape index (κ1) is 13.9. The summed E-state index contributed by atoms with van der Waals surface area (Å²) in [5, 5.41) is 0. The molecule has 0 rings (SSSR count). The van der Waals surface area contributed by atoms with Crippen LogP contribution in [0.4, 0.5) is 0 Å². The van der Waals surface area contributed by atoms with Crippen molar-refractivity contribution in [2.45, 2.75) is 19.8 Å². The van der Waals surface area contributed by atoms with Crippen LogP contribution in [-0.2, 0) is 10.0 Å². The van der Waals surface area contributed by atoms with E-state index in [9.17, 15) is 8.42 Å². The predicted octanol–water partition coefficient (Wildman–Crippen LogP) is 0.412. The van der Waals surface area contributed by atoms with Gasteiger partial charge in [0, 0.05) is 0 Å². The van der Waals surface area contributed by atoms with Gasteiger partial charge in [-0.25, -0.2) is 13.1 Å². The maximum absolute atomic E-state index is 10.8. The zero-order valence-electron chi connectivity index (χ0n) is 9.71. The largest absolute Gasteiger partial charge is 0.327 e. The molecule has 0 radical (unpaired) electrons. The Labute approximate surface area is 87.9 Å². The molecule has 5 heteroatoms. The Morgan fingerprint density at radius 1 is 1.21 bits per heavy atom. The van der Waals surface area contributed by atoms with Crippen LogP contribution in [0.2, 0.25) is 0 Å². The summed E-state index contributed by atoms with van der Waals surface area (Å²) in [4.78, 5) is 0. The summed E-state index contributed by atoms with van der Waals surface area (Å²) in [6.07, 6.45) is 3.56. The second kappa shape index (κ2) is 5.68. The molecule has 0 amide bonds. The highest BCUT2D eigenvalue weighted by Crippen LogP contribution is 2.00. The van der Waals surface area contributed by atoms with E-state index in [1.54, 1.807) is 0 Å².